The number of rotatable bonds is 6. The van der Waals surface area contributed by atoms with Crippen LogP contribution in [0.1, 0.15) is 42.6 Å². The van der Waals surface area contributed by atoms with E-state index in [1.165, 1.54) is 0 Å². The maximum absolute atomic E-state index is 12.2. The van der Waals surface area contributed by atoms with Gasteiger partial charge in [0.05, 0.1) is 0 Å². The molecule has 0 aliphatic heterocycles. The molecule has 2 nitrogen and oxygen atoms in total. The Balaban J connectivity index is 2.63. The second-order valence-electron chi connectivity index (χ2n) is 4.76. The topological polar surface area (TPSA) is 29.1 Å². The SMILES string of the molecule is CCC(CC)C(Br)CNC(=O)c1cc(Br)ccc1C. The first-order chi connectivity index (χ1) is 8.99. The molecule has 1 unspecified atom stereocenters. The van der Waals surface area contributed by atoms with Crippen LogP contribution in [0, 0.1) is 12.8 Å². The van der Waals surface area contributed by atoms with Gasteiger partial charge >= 0.3 is 0 Å². The molecule has 1 aromatic carbocycles. The average molecular weight is 391 g/mol. The van der Waals surface area contributed by atoms with Crippen LogP contribution >= 0.6 is 31.9 Å². The average Bonchev–Trinajstić information content (AvgIpc) is 2.40. The Morgan fingerprint density at radius 1 is 1.32 bits per heavy atom. The van der Waals surface area contributed by atoms with Crippen molar-refractivity contribution in [2.45, 2.75) is 38.4 Å². The molecule has 1 N–H and O–H groups in total. The van der Waals surface area contributed by atoms with Gasteiger partial charge in [-0.2, -0.15) is 0 Å². The van der Waals surface area contributed by atoms with Gasteiger partial charge in [0.15, 0.2) is 0 Å². The van der Waals surface area contributed by atoms with Gasteiger partial charge in [0.2, 0.25) is 0 Å². The summed E-state index contributed by atoms with van der Waals surface area (Å²) in [5.74, 6) is 0.595. The molecule has 0 aliphatic rings. The number of hydrogen-bond acceptors (Lipinski definition) is 1. The molecule has 0 heterocycles. The molecular formula is C15H21Br2NO. The summed E-state index contributed by atoms with van der Waals surface area (Å²) < 4.78 is 0.929. The fourth-order valence-corrected chi connectivity index (χ4v) is 3.36. The Morgan fingerprint density at radius 3 is 2.53 bits per heavy atom. The third-order valence-electron chi connectivity index (χ3n) is 3.46. The van der Waals surface area contributed by atoms with Gasteiger partial charge in [-0.15, -0.1) is 0 Å². The van der Waals surface area contributed by atoms with Gasteiger partial charge in [-0.1, -0.05) is 64.6 Å². The molecule has 0 radical (unpaired) electrons. The van der Waals surface area contributed by atoms with Crippen molar-refractivity contribution >= 4 is 37.8 Å². The third kappa shape index (κ3) is 4.92. The quantitative estimate of drug-likeness (QED) is 0.701. The van der Waals surface area contributed by atoms with Gasteiger partial charge < -0.3 is 5.32 Å². The number of benzene rings is 1. The van der Waals surface area contributed by atoms with E-state index in [0.29, 0.717) is 17.3 Å². The maximum atomic E-state index is 12.2. The summed E-state index contributed by atoms with van der Waals surface area (Å²) in [6, 6.07) is 5.76. The minimum Gasteiger partial charge on any atom is -0.351 e. The molecular weight excluding hydrogens is 370 g/mol. The lowest BCUT2D eigenvalue weighted by molar-refractivity contribution is 0.0951. The number of aryl methyl sites for hydroxylation is 1. The summed E-state index contributed by atoms with van der Waals surface area (Å²) >= 11 is 7.08. The Morgan fingerprint density at radius 2 is 1.95 bits per heavy atom. The molecule has 1 rings (SSSR count). The van der Waals surface area contributed by atoms with Crippen molar-refractivity contribution in [3.8, 4) is 0 Å². The van der Waals surface area contributed by atoms with Crippen LogP contribution in [0.3, 0.4) is 0 Å². The van der Waals surface area contributed by atoms with Crippen molar-refractivity contribution in [3.63, 3.8) is 0 Å². The monoisotopic (exact) mass is 389 g/mol. The zero-order valence-corrected chi connectivity index (χ0v) is 14.8. The highest BCUT2D eigenvalue weighted by molar-refractivity contribution is 9.10. The number of nitrogens with one attached hydrogen (secondary N) is 1. The van der Waals surface area contributed by atoms with Gasteiger partial charge in [0.25, 0.3) is 5.91 Å². The van der Waals surface area contributed by atoms with Crippen LogP contribution in [0.15, 0.2) is 22.7 Å². The zero-order valence-electron chi connectivity index (χ0n) is 11.7. The fourth-order valence-electron chi connectivity index (χ4n) is 2.09. The predicted octanol–water partition coefficient (Wildman–Crippen LogP) is 4.69. The molecule has 0 saturated heterocycles. The van der Waals surface area contributed by atoms with Crippen molar-refractivity contribution in [1.82, 2.24) is 5.32 Å². The van der Waals surface area contributed by atoms with E-state index in [0.717, 1.165) is 28.4 Å². The van der Waals surface area contributed by atoms with Gasteiger partial charge in [-0.05, 0) is 30.5 Å². The van der Waals surface area contributed by atoms with Crippen molar-refractivity contribution in [1.29, 1.82) is 0 Å². The molecule has 0 spiro atoms. The van der Waals surface area contributed by atoms with Crippen molar-refractivity contribution in [3.05, 3.63) is 33.8 Å². The number of hydrogen-bond donors (Lipinski definition) is 1. The van der Waals surface area contributed by atoms with Gasteiger partial charge in [-0.25, -0.2) is 0 Å². The molecule has 0 bridgehead atoms. The minimum absolute atomic E-state index is 0.00536. The van der Waals surface area contributed by atoms with E-state index in [1.54, 1.807) is 0 Å². The summed E-state index contributed by atoms with van der Waals surface area (Å²) in [5.41, 5.74) is 1.73. The van der Waals surface area contributed by atoms with E-state index < -0.39 is 0 Å². The van der Waals surface area contributed by atoms with Gasteiger partial charge in [-0.3, -0.25) is 4.79 Å². The van der Waals surface area contributed by atoms with E-state index >= 15 is 0 Å². The maximum Gasteiger partial charge on any atom is 0.251 e. The summed E-state index contributed by atoms with van der Waals surface area (Å²) in [6.45, 7) is 6.98. The minimum atomic E-state index is -0.00536. The summed E-state index contributed by atoms with van der Waals surface area (Å²) in [5, 5.41) is 3.01. The van der Waals surface area contributed by atoms with E-state index in [2.05, 4.69) is 51.0 Å². The molecule has 0 fully saturated rings. The van der Waals surface area contributed by atoms with Crippen LogP contribution < -0.4 is 5.32 Å². The molecule has 0 aliphatic carbocycles. The number of carbonyl (C=O) groups excluding carboxylic acids is 1. The standard InChI is InChI=1S/C15H21Br2NO/c1-4-11(5-2)14(17)9-18-15(19)13-8-12(16)7-6-10(13)3/h6-8,11,14H,4-5,9H2,1-3H3,(H,18,19). The first-order valence-electron chi connectivity index (χ1n) is 6.68. The van der Waals surface area contributed by atoms with Crippen molar-refractivity contribution < 1.29 is 4.79 Å². The number of amides is 1. The Bertz CT molecular complexity index is 430. The fraction of sp³-hybridized carbons (Fsp3) is 0.533. The molecule has 106 valence electrons. The summed E-state index contributed by atoms with van der Waals surface area (Å²) in [6.07, 6.45) is 2.25. The third-order valence-corrected chi connectivity index (χ3v) is 5.03. The van der Waals surface area contributed by atoms with E-state index in [-0.39, 0.29) is 5.91 Å². The van der Waals surface area contributed by atoms with Crippen LogP contribution in [-0.4, -0.2) is 17.3 Å². The molecule has 0 aromatic heterocycles. The Labute approximate surface area is 132 Å². The smallest absolute Gasteiger partial charge is 0.251 e. The normalized spacial score (nSPS) is 12.5. The van der Waals surface area contributed by atoms with Crippen molar-refractivity contribution in [2.24, 2.45) is 5.92 Å². The Hall–Kier alpha value is -0.350. The lowest BCUT2D eigenvalue weighted by atomic mass is 9.99. The van der Waals surface area contributed by atoms with Gasteiger partial charge in [0, 0.05) is 21.4 Å². The lowest BCUT2D eigenvalue weighted by Gasteiger charge is -2.20. The highest BCUT2D eigenvalue weighted by atomic mass is 79.9. The first-order valence-corrected chi connectivity index (χ1v) is 8.38. The molecule has 1 amide bonds. The molecule has 19 heavy (non-hydrogen) atoms. The molecule has 0 saturated carbocycles. The van der Waals surface area contributed by atoms with Crippen LogP contribution in [0.25, 0.3) is 0 Å². The molecule has 4 heteroatoms. The first kappa shape index (κ1) is 16.7. The zero-order chi connectivity index (χ0) is 14.4. The van der Waals surface area contributed by atoms with Crippen LogP contribution in [0.5, 0.6) is 0 Å². The second-order valence-corrected chi connectivity index (χ2v) is 6.85. The van der Waals surface area contributed by atoms with Crippen LogP contribution in [0.2, 0.25) is 0 Å². The van der Waals surface area contributed by atoms with E-state index in [9.17, 15) is 4.79 Å². The van der Waals surface area contributed by atoms with Crippen LogP contribution in [0.4, 0.5) is 0 Å². The highest BCUT2D eigenvalue weighted by Crippen LogP contribution is 2.20. The molecule has 1 aromatic rings. The lowest BCUT2D eigenvalue weighted by Crippen LogP contribution is -2.33. The number of alkyl halides is 1. The number of carbonyl (C=O) groups is 1. The number of halogens is 2. The largest absolute Gasteiger partial charge is 0.351 e. The van der Waals surface area contributed by atoms with E-state index in [4.69, 9.17) is 0 Å². The summed E-state index contributed by atoms with van der Waals surface area (Å²) in [7, 11) is 0. The Kier molecular flexibility index (Phi) is 7.08. The molecule has 1 atom stereocenters. The van der Waals surface area contributed by atoms with Gasteiger partial charge in [0.1, 0.15) is 0 Å². The van der Waals surface area contributed by atoms with E-state index in [1.807, 2.05) is 25.1 Å². The predicted molar refractivity (Wildman–Crippen MR) is 88.0 cm³/mol. The van der Waals surface area contributed by atoms with Crippen LogP contribution in [-0.2, 0) is 0 Å². The second kappa shape index (κ2) is 8.05. The highest BCUT2D eigenvalue weighted by Gasteiger charge is 2.17. The summed E-state index contributed by atoms with van der Waals surface area (Å²) in [4.78, 5) is 12.5. The van der Waals surface area contributed by atoms with Crippen molar-refractivity contribution in [2.75, 3.05) is 6.54 Å².